The van der Waals surface area contributed by atoms with Crippen LogP contribution in [0.25, 0.3) is 43.9 Å². The maximum Gasteiger partial charge on any atom is 0.177 e. The van der Waals surface area contributed by atoms with Gasteiger partial charge in [-0.05, 0) is 24.3 Å². The van der Waals surface area contributed by atoms with E-state index in [0.29, 0.717) is 11.5 Å². The molecule has 3 nitrogen and oxygen atoms in total. The summed E-state index contributed by atoms with van der Waals surface area (Å²) >= 11 is 0. The summed E-state index contributed by atoms with van der Waals surface area (Å²) in [6.45, 7) is 0. The van der Waals surface area contributed by atoms with Gasteiger partial charge in [0.2, 0.25) is 0 Å². The maximum atomic E-state index is 6.28. The van der Waals surface area contributed by atoms with E-state index in [1.54, 1.807) is 0 Å². The van der Waals surface area contributed by atoms with Gasteiger partial charge in [0.15, 0.2) is 22.7 Å². The van der Waals surface area contributed by atoms with Crippen molar-refractivity contribution < 1.29 is 13.6 Å². The summed E-state index contributed by atoms with van der Waals surface area (Å²) in [5.41, 5.74) is 3.19. The number of hydrogen-bond donors (Lipinski definition) is 0. The standard InChI is InChI=1S/C24H14O3/c1-3-11-19-15(7-1)17-9-5-13-21(23(17)26-19)25-22-14-6-10-18-16-8-2-4-12-20(16)27-24(18)22/h1-14H. The van der Waals surface area contributed by atoms with Crippen molar-refractivity contribution >= 4 is 43.9 Å². The minimum absolute atomic E-state index is 0.677. The summed E-state index contributed by atoms with van der Waals surface area (Å²) in [4.78, 5) is 0. The molecule has 4 aromatic carbocycles. The fourth-order valence-electron chi connectivity index (χ4n) is 3.72. The predicted octanol–water partition coefficient (Wildman–Crippen LogP) is 7.28. The molecule has 0 bridgehead atoms. The molecule has 0 radical (unpaired) electrons. The second-order valence-corrected chi connectivity index (χ2v) is 6.56. The highest BCUT2D eigenvalue weighted by molar-refractivity contribution is 6.08. The fraction of sp³-hybridized carbons (Fsp3) is 0. The Hall–Kier alpha value is -3.72. The summed E-state index contributed by atoms with van der Waals surface area (Å²) in [5.74, 6) is 1.35. The first-order valence-corrected chi connectivity index (χ1v) is 8.87. The van der Waals surface area contributed by atoms with Gasteiger partial charge in [-0.15, -0.1) is 0 Å². The molecule has 0 saturated carbocycles. The van der Waals surface area contributed by atoms with Gasteiger partial charge >= 0.3 is 0 Å². The van der Waals surface area contributed by atoms with Gasteiger partial charge in [0, 0.05) is 21.5 Å². The van der Waals surface area contributed by atoms with E-state index in [4.69, 9.17) is 13.6 Å². The zero-order valence-electron chi connectivity index (χ0n) is 14.3. The molecule has 0 aliphatic carbocycles. The van der Waals surface area contributed by atoms with E-state index < -0.39 is 0 Å². The Morgan fingerprint density at radius 1 is 0.444 bits per heavy atom. The fourth-order valence-corrected chi connectivity index (χ4v) is 3.72. The van der Waals surface area contributed by atoms with Gasteiger partial charge < -0.3 is 13.6 Å². The molecule has 0 N–H and O–H groups in total. The van der Waals surface area contributed by atoms with Crippen LogP contribution in [-0.2, 0) is 0 Å². The highest BCUT2D eigenvalue weighted by Crippen LogP contribution is 2.40. The Bertz CT molecular complexity index is 1340. The number of fused-ring (bicyclic) bond motifs is 6. The second kappa shape index (κ2) is 5.39. The van der Waals surface area contributed by atoms with E-state index in [1.807, 2.05) is 60.7 Å². The molecule has 6 rings (SSSR count). The van der Waals surface area contributed by atoms with Gasteiger partial charge in [0.25, 0.3) is 0 Å². The molecular formula is C24H14O3. The number of rotatable bonds is 2. The maximum absolute atomic E-state index is 6.28. The van der Waals surface area contributed by atoms with Crippen LogP contribution in [0.3, 0.4) is 0 Å². The van der Waals surface area contributed by atoms with Crippen molar-refractivity contribution in [2.45, 2.75) is 0 Å². The highest BCUT2D eigenvalue weighted by atomic mass is 16.5. The van der Waals surface area contributed by atoms with Gasteiger partial charge in [-0.2, -0.15) is 0 Å². The molecule has 0 aliphatic heterocycles. The number of furan rings is 2. The lowest BCUT2D eigenvalue weighted by molar-refractivity contribution is 0.471. The van der Waals surface area contributed by atoms with Crippen LogP contribution < -0.4 is 4.74 Å². The van der Waals surface area contributed by atoms with Gasteiger partial charge in [0.05, 0.1) is 0 Å². The van der Waals surface area contributed by atoms with Crippen LogP contribution in [0, 0.1) is 0 Å². The number of ether oxygens (including phenoxy) is 1. The molecular weight excluding hydrogens is 336 g/mol. The number of hydrogen-bond acceptors (Lipinski definition) is 3. The monoisotopic (exact) mass is 350 g/mol. The van der Waals surface area contributed by atoms with Crippen LogP contribution in [0.2, 0.25) is 0 Å². The summed E-state index contributed by atoms with van der Waals surface area (Å²) < 4.78 is 18.4. The first-order chi connectivity index (χ1) is 13.4. The molecule has 128 valence electrons. The number of para-hydroxylation sites is 4. The third-order valence-corrected chi connectivity index (χ3v) is 4.96. The Morgan fingerprint density at radius 2 is 0.889 bits per heavy atom. The van der Waals surface area contributed by atoms with Crippen LogP contribution >= 0.6 is 0 Å². The molecule has 2 heterocycles. The van der Waals surface area contributed by atoms with Crippen LogP contribution in [0.1, 0.15) is 0 Å². The predicted molar refractivity (Wildman–Crippen MR) is 108 cm³/mol. The zero-order chi connectivity index (χ0) is 17.8. The summed E-state index contributed by atoms with van der Waals surface area (Å²) in [7, 11) is 0. The van der Waals surface area contributed by atoms with Crippen LogP contribution in [0.4, 0.5) is 0 Å². The second-order valence-electron chi connectivity index (χ2n) is 6.56. The summed E-state index contributed by atoms with van der Waals surface area (Å²) in [6.07, 6.45) is 0. The molecule has 0 atom stereocenters. The average Bonchev–Trinajstić information content (AvgIpc) is 3.28. The zero-order valence-corrected chi connectivity index (χ0v) is 14.3. The van der Waals surface area contributed by atoms with Gasteiger partial charge in [-0.3, -0.25) is 0 Å². The molecule has 0 aliphatic rings. The first-order valence-electron chi connectivity index (χ1n) is 8.87. The van der Waals surface area contributed by atoms with Gasteiger partial charge in [-0.1, -0.05) is 60.7 Å². The van der Waals surface area contributed by atoms with Crippen LogP contribution in [0.15, 0.2) is 93.8 Å². The van der Waals surface area contributed by atoms with E-state index in [-0.39, 0.29) is 0 Å². The average molecular weight is 350 g/mol. The van der Waals surface area contributed by atoms with Crippen molar-refractivity contribution in [2.75, 3.05) is 0 Å². The molecule has 2 aromatic heterocycles. The molecule has 0 fully saturated rings. The third kappa shape index (κ3) is 2.09. The van der Waals surface area contributed by atoms with Crippen molar-refractivity contribution in [3.63, 3.8) is 0 Å². The minimum atomic E-state index is 0.677. The lowest BCUT2D eigenvalue weighted by Gasteiger charge is -2.06. The van der Waals surface area contributed by atoms with Crippen molar-refractivity contribution in [2.24, 2.45) is 0 Å². The topological polar surface area (TPSA) is 35.5 Å². The van der Waals surface area contributed by atoms with E-state index in [0.717, 1.165) is 43.9 Å². The third-order valence-electron chi connectivity index (χ3n) is 4.96. The summed E-state index contributed by atoms with van der Waals surface area (Å²) in [6, 6.07) is 28.0. The summed E-state index contributed by atoms with van der Waals surface area (Å²) in [5, 5.41) is 4.25. The Balaban J connectivity index is 1.57. The Morgan fingerprint density at radius 3 is 1.41 bits per heavy atom. The lowest BCUT2D eigenvalue weighted by Crippen LogP contribution is -1.85. The van der Waals surface area contributed by atoms with Crippen molar-refractivity contribution in [3.05, 3.63) is 84.9 Å². The van der Waals surface area contributed by atoms with E-state index >= 15 is 0 Å². The van der Waals surface area contributed by atoms with Gasteiger partial charge in [-0.25, -0.2) is 0 Å². The first kappa shape index (κ1) is 14.4. The normalized spacial score (nSPS) is 11.7. The van der Waals surface area contributed by atoms with Gasteiger partial charge in [0.1, 0.15) is 11.2 Å². The van der Waals surface area contributed by atoms with Crippen LogP contribution in [0.5, 0.6) is 11.5 Å². The molecule has 3 heteroatoms. The van der Waals surface area contributed by atoms with E-state index in [9.17, 15) is 0 Å². The van der Waals surface area contributed by atoms with Crippen molar-refractivity contribution in [1.82, 2.24) is 0 Å². The minimum Gasteiger partial charge on any atom is -0.452 e. The van der Waals surface area contributed by atoms with Crippen molar-refractivity contribution in [3.8, 4) is 11.5 Å². The molecule has 27 heavy (non-hydrogen) atoms. The molecule has 0 saturated heterocycles. The molecule has 0 spiro atoms. The van der Waals surface area contributed by atoms with Crippen molar-refractivity contribution in [1.29, 1.82) is 0 Å². The lowest BCUT2D eigenvalue weighted by atomic mass is 10.1. The molecule has 0 amide bonds. The van der Waals surface area contributed by atoms with Crippen LogP contribution in [-0.4, -0.2) is 0 Å². The van der Waals surface area contributed by atoms with E-state index in [2.05, 4.69) is 24.3 Å². The van der Waals surface area contributed by atoms with E-state index in [1.165, 1.54) is 0 Å². The Kier molecular flexibility index (Phi) is 2.88. The quantitative estimate of drug-likeness (QED) is 0.329. The smallest absolute Gasteiger partial charge is 0.177 e. The largest absolute Gasteiger partial charge is 0.452 e. The number of benzene rings is 4. The highest BCUT2D eigenvalue weighted by Gasteiger charge is 2.15. The molecule has 0 unspecified atom stereocenters. The molecule has 6 aromatic rings. The SMILES string of the molecule is c1ccc2c(c1)oc1c(Oc3cccc4c3oc3ccccc34)cccc12. The Labute approximate surface area is 154 Å².